The van der Waals surface area contributed by atoms with Gasteiger partial charge in [-0.25, -0.2) is 4.39 Å². The number of aryl methyl sites for hydroxylation is 1. The monoisotopic (exact) mass is 226 g/mol. The molecule has 0 fully saturated rings. The van der Waals surface area contributed by atoms with Gasteiger partial charge in [-0.2, -0.15) is 0 Å². The number of carbonyl (C=O) groups is 1. The number of anilines is 1. The molecule has 0 radical (unpaired) electrons. The second-order valence-electron chi connectivity index (χ2n) is 3.52. The van der Waals surface area contributed by atoms with Gasteiger partial charge in [0.2, 0.25) is 5.91 Å². The first-order valence-electron chi connectivity index (χ1n) is 4.86. The fourth-order valence-corrected chi connectivity index (χ4v) is 1.16. The van der Waals surface area contributed by atoms with Crippen molar-refractivity contribution < 1.29 is 13.9 Å². The molecule has 0 saturated carbocycles. The van der Waals surface area contributed by atoms with E-state index in [2.05, 4.69) is 5.32 Å². The van der Waals surface area contributed by atoms with Crippen LogP contribution < -0.4 is 11.1 Å². The summed E-state index contributed by atoms with van der Waals surface area (Å²) in [5.74, 6) is -0.761. The van der Waals surface area contributed by atoms with E-state index < -0.39 is 11.9 Å². The number of methoxy groups -OCH3 is 1. The molecule has 0 saturated heterocycles. The number of halogens is 1. The minimum absolute atomic E-state index is 0.125. The summed E-state index contributed by atoms with van der Waals surface area (Å²) >= 11 is 0. The predicted molar refractivity (Wildman–Crippen MR) is 59.6 cm³/mol. The Balaban J connectivity index is 2.66. The SMILES string of the molecule is COCC(N)C(=O)Nc1ccc(C)c(F)c1. The van der Waals surface area contributed by atoms with Crippen LogP contribution in [-0.4, -0.2) is 25.7 Å². The number of rotatable bonds is 4. The van der Waals surface area contributed by atoms with Crippen molar-refractivity contribution in [3.63, 3.8) is 0 Å². The van der Waals surface area contributed by atoms with Crippen LogP contribution in [0, 0.1) is 12.7 Å². The van der Waals surface area contributed by atoms with Crippen LogP contribution in [0.4, 0.5) is 10.1 Å². The Morgan fingerprint density at radius 2 is 2.31 bits per heavy atom. The number of ether oxygens (including phenoxy) is 1. The van der Waals surface area contributed by atoms with E-state index in [9.17, 15) is 9.18 Å². The second-order valence-corrected chi connectivity index (χ2v) is 3.52. The first-order valence-corrected chi connectivity index (χ1v) is 4.86. The molecule has 0 aliphatic heterocycles. The molecule has 5 heteroatoms. The van der Waals surface area contributed by atoms with Gasteiger partial charge in [0.25, 0.3) is 0 Å². The highest BCUT2D eigenvalue weighted by atomic mass is 19.1. The molecular weight excluding hydrogens is 211 g/mol. The molecule has 1 rings (SSSR count). The normalized spacial score (nSPS) is 12.2. The highest BCUT2D eigenvalue weighted by molar-refractivity contribution is 5.94. The molecule has 88 valence electrons. The van der Waals surface area contributed by atoms with E-state index in [4.69, 9.17) is 10.5 Å². The molecule has 0 aromatic heterocycles. The van der Waals surface area contributed by atoms with E-state index in [0.717, 1.165) is 0 Å². The molecule has 1 aromatic rings. The van der Waals surface area contributed by atoms with Crippen LogP contribution in [0.1, 0.15) is 5.56 Å². The van der Waals surface area contributed by atoms with Crippen molar-refractivity contribution in [3.8, 4) is 0 Å². The molecule has 4 nitrogen and oxygen atoms in total. The number of benzene rings is 1. The number of hydrogen-bond acceptors (Lipinski definition) is 3. The predicted octanol–water partition coefficient (Wildman–Crippen LogP) is 1.05. The molecule has 0 heterocycles. The van der Waals surface area contributed by atoms with Gasteiger partial charge in [0, 0.05) is 12.8 Å². The summed E-state index contributed by atoms with van der Waals surface area (Å²) in [6, 6.07) is 3.71. The van der Waals surface area contributed by atoms with Crippen molar-refractivity contribution in [2.24, 2.45) is 5.73 Å². The fourth-order valence-electron chi connectivity index (χ4n) is 1.16. The Morgan fingerprint density at radius 1 is 1.62 bits per heavy atom. The molecule has 0 bridgehead atoms. The van der Waals surface area contributed by atoms with Crippen LogP contribution in [0.15, 0.2) is 18.2 Å². The molecule has 0 aliphatic rings. The molecular formula is C11H15FN2O2. The topological polar surface area (TPSA) is 64.3 Å². The summed E-state index contributed by atoms with van der Waals surface area (Å²) in [5, 5.41) is 2.51. The fraction of sp³-hybridized carbons (Fsp3) is 0.364. The number of amides is 1. The summed E-state index contributed by atoms with van der Waals surface area (Å²) in [7, 11) is 1.46. The lowest BCUT2D eigenvalue weighted by Crippen LogP contribution is -2.39. The van der Waals surface area contributed by atoms with Gasteiger partial charge in [-0.3, -0.25) is 4.79 Å². The quantitative estimate of drug-likeness (QED) is 0.806. The number of nitrogens with one attached hydrogen (secondary N) is 1. The van der Waals surface area contributed by atoms with E-state index >= 15 is 0 Å². The van der Waals surface area contributed by atoms with Crippen LogP contribution in [0.25, 0.3) is 0 Å². The minimum atomic E-state index is -0.755. The summed E-state index contributed by atoms with van der Waals surface area (Å²) in [6.45, 7) is 1.78. The Morgan fingerprint density at radius 3 is 2.88 bits per heavy atom. The Kier molecular flexibility index (Phi) is 4.39. The Bertz CT molecular complexity index is 382. The zero-order chi connectivity index (χ0) is 12.1. The minimum Gasteiger partial charge on any atom is -0.383 e. The molecule has 1 amide bonds. The van der Waals surface area contributed by atoms with Gasteiger partial charge < -0.3 is 15.8 Å². The van der Waals surface area contributed by atoms with Crippen molar-refractivity contribution in [3.05, 3.63) is 29.6 Å². The van der Waals surface area contributed by atoms with E-state index in [1.807, 2.05) is 0 Å². The van der Waals surface area contributed by atoms with Gasteiger partial charge >= 0.3 is 0 Å². The van der Waals surface area contributed by atoms with Gasteiger partial charge in [-0.05, 0) is 24.6 Å². The maximum atomic E-state index is 13.2. The highest BCUT2D eigenvalue weighted by Gasteiger charge is 2.13. The van der Waals surface area contributed by atoms with Gasteiger partial charge in [-0.15, -0.1) is 0 Å². The summed E-state index contributed by atoms with van der Waals surface area (Å²) in [6.07, 6.45) is 0. The van der Waals surface area contributed by atoms with Crippen molar-refractivity contribution in [2.75, 3.05) is 19.0 Å². The zero-order valence-electron chi connectivity index (χ0n) is 9.29. The Hall–Kier alpha value is -1.46. The standard InChI is InChI=1S/C11H15FN2O2/c1-7-3-4-8(5-9(7)12)14-11(15)10(13)6-16-2/h3-5,10H,6,13H2,1-2H3,(H,14,15). The maximum absolute atomic E-state index is 13.2. The van der Waals surface area contributed by atoms with Crippen molar-refractivity contribution in [2.45, 2.75) is 13.0 Å². The number of hydrogen-bond donors (Lipinski definition) is 2. The number of nitrogens with two attached hydrogens (primary N) is 1. The third-order valence-electron chi connectivity index (χ3n) is 2.12. The highest BCUT2D eigenvalue weighted by Crippen LogP contribution is 2.13. The first kappa shape index (κ1) is 12.6. The van der Waals surface area contributed by atoms with Crippen molar-refractivity contribution in [1.82, 2.24) is 0 Å². The van der Waals surface area contributed by atoms with Crippen LogP contribution in [0.5, 0.6) is 0 Å². The van der Waals surface area contributed by atoms with Crippen LogP contribution in [0.3, 0.4) is 0 Å². The lowest BCUT2D eigenvalue weighted by Gasteiger charge is -2.11. The first-order chi connectivity index (χ1) is 7.54. The van der Waals surface area contributed by atoms with E-state index in [-0.39, 0.29) is 12.4 Å². The van der Waals surface area contributed by atoms with Gasteiger partial charge in [-0.1, -0.05) is 6.07 Å². The van der Waals surface area contributed by atoms with E-state index in [0.29, 0.717) is 11.3 Å². The zero-order valence-corrected chi connectivity index (χ0v) is 9.29. The van der Waals surface area contributed by atoms with Gasteiger partial charge in [0.05, 0.1) is 6.61 Å². The molecule has 1 atom stereocenters. The van der Waals surface area contributed by atoms with E-state index in [1.54, 1.807) is 19.1 Å². The third-order valence-corrected chi connectivity index (χ3v) is 2.12. The van der Waals surface area contributed by atoms with Crippen LogP contribution >= 0.6 is 0 Å². The molecule has 16 heavy (non-hydrogen) atoms. The Labute approximate surface area is 93.6 Å². The maximum Gasteiger partial charge on any atom is 0.243 e. The molecule has 0 spiro atoms. The van der Waals surface area contributed by atoms with E-state index in [1.165, 1.54) is 13.2 Å². The average molecular weight is 226 g/mol. The van der Waals surface area contributed by atoms with Crippen LogP contribution in [0.2, 0.25) is 0 Å². The number of carbonyl (C=O) groups excluding carboxylic acids is 1. The average Bonchev–Trinajstić information content (AvgIpc) is 2.24. The van der Waals surface area contributed by atoms with Gasteiger partial charge in [0.1, 0.15) is 11.9 Å². The lowest BCUT2D eigenvalue weighted by atomic mass is 10.2. The van der Waals surface area contributed by atoms with Crippen molar-refractivity contribution >= 4 is 11.6 Å². The third kappa shape index (κ3) is 3.29. The van der Waals surface area contributed by atoms with Gasteiger partial charge in [0.15, 0.2) is 0 Å². The smallest absolute Gasteiger partial charge is 0.243 e. The van der Waals surface area contributed by atoms with Crippen LogP contribution in [-0.2, 0) is 9.53 Å². The molecule has 0 aliphatic carbocycles. The molecule has 1 unspecified atom stereocenters. The summed E-state index contributed by atoms with van der Waals surface area (Å²) in [4.78, 5) is 11.5. The van der Waals surface area contributed by atoms with Crippen molar-refractivity contribution in [1.29, 1.82) is 0 Å². The summed E-state index contributed by atoms with van der Waals surface area (Å²) < 4.78 is 17.9. The lowest BCUT2D eigenvalue weighted by molar-refractivity contribution is -0.118. The largest absolute Gasteiger partial charge is 0.383 e. The second kappa shape index (κ2) is 5.58. The molecule has 1 aromatic carbocycles. The molecule has 3 N–H and O–H groups in total. The summed E-state index contributed by atoms with van der Waals surface area (Å²) in [5.41, 5.74) is 6.43.